The van der Waals surface area contributed by atoms with Gasteiger partial charge in [0, 0.05) is 17.2 Å². The molecule has 6 heteroatoms. The lowest BCUT2D eigenvalue weighted by Crippen LogP contribution is -2.29. The van der Waals surface area contributed by atoms with Gasteiger partial charge in [-0.3, -0.25) is 9.59 Å². The Morgan fingerprint density at radius 2 is 1.83 bits per heavy atom. The fourth-order valence-electron chi connectivity index (χ4n) is 4.43. The van der Waals surface area contributed by atoms with Crippen LogP contribution in [0.15, 0.2) is 72.6 Å². The highest BCUT2D eigenvalue weighted by Gasteiger charge is 2.44. The van der Waals surface area contributed by atoms with Crippen LogP contribution >= 0.6 is 0 Å². The van der Waals surface area contributed by atoms with E-state index in [1.807, 2.05) is 43.3 Å². The maximum Gasteiger partial charge on any atom is 0.295 e. The number of carbonyl (C=O) groups excluding carboxylic acids is 2. The molecule has 2 heterocycles. The van der Waals surface area contributed by atoms with Crippen molar-refractivity contribution in [2.45, 2.75) is 46.7 Å². The van der Waals surface area contributed by atoms with E-state index < -0.39 is 23.5 Å². The number of likely N-dealkylation sites (tertiary alicyclic amines) is 1. The average molecular weight is 485 g/mol. The highest BCUT2D eigenvalue weighted by atomic mass is 16.5. The third-order valence-corrected chi connectivity index (χ3v) is 6.38. The summed E-state index contributed by atoms with van der Waals surface area (Å²) in [5, 5.41) is 13.8. The summed E-state index contributed by atoms with van der Waals surface area (Å²) in [6.07, 6.45) is 4.43. The van der Waals surface area contributed by atoms with Crippen LogP contribution in [0, 0.1) is 12.8 Å². The molecule has 1 amide bonds. The number of carbonyl (C=O) groups is 2. The molecule has 36 heavy (non-hydrogen) atoms. The van der Waals surface area contributed by atoms with Gasteiger partial charge in [-0.05, 0) is 59.7 Å². The first-order valence-electron chi connectivity index (χ1n) is 12.3. The number of ketones is 1. The maximum atomic E-state index is 13.8. The van der Waals surface area contributed by atoms with Gasteiger partial charge >= 0.3 is 0 Å². The Morgan fingerprint density at radius 3 is 2.44 bits per heavy atom. The molecule has 1 saturated heterocycles. The summed E-state index contributed by atoms with van der Waals surface area (Å²) in [5.41, 5.74) is 3.80. The number of amides is 1. The molecule has 1 aromatic heterocycles. The number of pyridine rings is 1. The predicted molar refractivity (Wildman–Crippen MR) is 136 cm³/mol. The molecule has 3 aromatic rings. The van der Waals surface area contributed by atoms with Gasteiger partial charge in [0.1, 0.15) is 5.75 Å². The summed E-state index contributed by atoms with van der Waals surface area (Å²) in [6, 6.07) is 16.0. The molecule has 186 valence electrons. The number of aromatic nitrogens is 1. The highest BCUT2D eigenvalue weighted by Crippen LogP contribution is 2.40. The molecular formula is C30H32N2O4. The van der Waals surface area contributed by atoms with E-state index in [2.05, 4.69) is 25.8 Å². The fourth-order valence-corrected chi connectivity index (χ4v) is 4.43. The Kier molecular flexibility index (Phi) is 7.53. The average Bonchev–Trinajstić information content (AvgIpc) is 3.12. The zero-order chi connectivity index (χ0) is 25.8. The van der Waals surface area contributed by atoms with Crippen LogP contribution in [0.5, 0.6) is 5.75 Å². The zero-order valence-corrected chi connectivity index (χ0v) is 21.2. The van der Waals surface area contributed by atoms with Gasteiger partial charge in [0.2, 0.25) is 5.78 Å². The number of benzene rings is 2. The van der Waals surface area contributed by atoms with Gasteiger partial charge in [-0.1, -0.05) is 56.9 Å². The third-order valence-electron chi connectivity index (χ3n) is 6.38. The SMILES string of the molecule is CCc1ccc(C2/C(=C(\[O-])c3ccc(OCC(C)C)cc3C)C(=O)C(=O)N2Cc2ccc[nH+]c2)cc1. The summed E-state index contributed by atoms with van der Waals surface area (Å²) in [4.78, 5) is 31.0. The first kappa shape index (κ1) is 25.2. The number of hydrogen-bond donors (Lipinski definition) is 0. The zero-order valence-electron chi connectivity index (χ0n) is 21.2. The number of H-pyrrole nitrogens is 1. The third kappa shape index (κ3) is 5.18. The van der Waals surface area contributed by atoms with E-state index in [1.54, 1.807) is 30.6 Å². The van der Waals surface area contributed by atoms with E-state index in [9.17, 15) is 14.7 Å². The summed E-state index contributed by atoms with van der Waals surface area (Å²) in [7, 11) is 0. The van der Waals surface area contributed by atoms with Crippen molar-refractivity contribution in [1.82, 2.24) is 4.90 Å². The van der Waals surface area contributed by atoms with E-state index in [4.69, 9.17) is 4.74 Å². The summed E-state index contributed by atoms with van der Waals surface area (Å²) in [5.74, 6) is -0.791. The van der Waals surface area contributed by atoms with Crippen molar-refractivity contribution >= 4 is 17.4 Å². The van der Waals surface area contributed by atoms with Crippen LogP contribution in [-0.2, 0) is 22.6 Å². The Labute approximate surface area is 212 Å². The van der Waals surface area contributed by atoms with Crippen LogP contribution in [-0.4, -0.2) is 23.2 Å². The van der Waals surface area contributed by atoms with Crippen molar-refractivity contribution in [3.63, 3.8) is 0 Å². The Morgan fingerprint density at radius 1 is 1.08 bits per heavy atom. The van der Waals surface area contributed by atoms with Gasteiger partial charge in [-0.15, -0.1) is 0 Å². The predicted octanol–water partition coefficient (Wildman–Crippen LogP) is 3.83. The van der Waals surface area contributed by atoms with Crippen LogP contribution in [0.2, 0.25) is 0 Å². The monoisotopic (exact) mass is 484 g/mol. The van der Waals surface area contributed by atoms with Crippen LogP contribution in [0.25, 0.3) is 5.76 Å². The lowest BCUT2D eigenvalue weighted by molar-refractivity contribution is -0.378. The van der Waals surface area contributed by atoms with Crippen molar-refractivity contribution in [2.75, 3.05) is 6.61 Å². The minimum absolute atomic E-state index is 0.0110. The standard InChI is InChI=1S/C30H32N2O4/c1-5-21-8-10-23(11-9-21)27-26(29(34)30(35)32(27)17-22-7-6-14-31-16-22)28(33)25-13-12-24(15-20(25)4)36-18-19(2)3/h6-16,19,27,33H,5,17-18H2,1-4H3/b28-26+. The topological polar surface area (TPSA) is 83.8 Å². The minimum Gasteiger partial charge on any atom is -0.872 e. The number of nitrogens with zero attached hydrogens (tertiary/aromatic N) is 1. The van der Waals surface area contributed by atoms with Crippen LogP contribution in [0.3, 0.4) is 0 Å². The number of aromatic amines is 1. The number of nitrogens with one attached hydrogen (secondary N) is 1. The van der Waals surface area contributed by atoms with Crippen molar-refractivity contribution in [1.29, 1.82) is 0 Å². The van der Waals surface area contributed by atoms with Crippen LogP contribution in [0.1, 0.15) is 54.6 Å². The number of hydrogen-bond acceptors (Lipinski definition) is 4. The second-order valence-corrected chi connectivity index (χ2v) is 9.60. The molecule has 1 atom stereocenters. The van der Waals surface area contributed by atoms with E-state index >= 15 is 0 Å². The largest absolute Gasteiger partial charge is 0.872 e. The number of aryl methyl sites for hydroxylation is 2. The quantitative estimate of drug-likeness (QED) is 0.276. The second-order valence-electron chi connectivity index (χ2n) is 9.60. The molecule has 0 bridgehead atoms. The number of Topliss-reactive ketones (excluding diaryl/α,β-unsaturated/α-hetero) is 1. The molecule has 4 rings (SSSR count). The fraction of sp³-hybridized carbons (Fsp3) is 0.300. The van der Waals surface area contributed by atoms with Gasteiger partial charge in [-0.2, -0.15) is 0 Å². The molecule has 2 aromatic carbocycles. The molecule has 1 fully saturated rings. The Hall–Kier alpha value is -3.93. The molecule has 0 spiro atoms. The van der Waals surface area contributed by atoms with Gasteiger partial charge in [-0.25, -0.2) is 4.98 Å². The van der Waals surface area contributed by atoms with Crippen molar-refractivity contribution in [3.8, 4) is 5.75 Å². The lowest BCUT2D eigenvalue weighted by Gasteiger charge is -2.28. The van der Waals surface area contributed by atoms with Crippen molar-refractivity contribution < 1.29 is 24.4 Å². The van der Waals surface area contributed by atoms with Crippen molar-refractivity contribution in [3.05, 3.63) is 100 Å². The van der Waals surface area contributed by atoms with Gasteiger partial charge in [0.25, 0.3) is 5.91 Å². The molecule has 1 unspecified atom stereocenters. The smallest absolute Gasteiger partial charge is 0.295 e. The Balaban J connectivity index is 1.79. The van der Waals surface area contributed by atoms with Gasteiger partial charge in [0.15, 0.2) is 12.4 Å². The molecule has 1 N–H and O–H groups in total. The van der Waals surface area contributed by atoms with E-state index in [0.29, 0.717) is 29.4 Å². The van der Waals surface area contributed by atoms with Gasteiger partial charge < -0.3 is 14.7 Å². The lowest BCUT2D eigenvalue weighted by atomic mass is 9.93. The minimum atomic E-state index is -0.764. The molecular weight excluding hydrogens is 452 g/mol. The first-order valence-corrected chi connectivity index (χ1v) is 12.3. The summed E-state index contributed by atoms with van der Waals surface area (Å²) >= 11 is 0. The van der Waals surface area contributed by atoms with E-state index in [0.717, 1.165) is 23.1 Å². The molecule has 6 nitrogen and oxygen atoms in total. The normalized spacial score (nSPS) is 17.1. The van der Waals surface area contributed by atoms with E-state index in [-0.39, 0.29) is 12.1 Å². The summed E-state index contributed by atoms with van der Waals surface area (Å²) < 4.78 is 5.79. The molecule has 1 aliphatic rings. The van der Waals surface area contributed by atoms with E-state index in [1.165, 1.54) is 4.90 Å². The molecule has 0 aliphatic carbocycles. The van der Waals surface area contributed by atoms with Crippen LogP contribution in [0.4, 0.5) is 0 Å². The summed E-state index contributed by atoms with van der Waals surface area (Å²) in [6.45, 7) is 8.79. The Bertz CT molecular complexity index is 1280. The molecule has 0 radical (unpaired) electrons. The molecule has 0 saturated carbocycles. The number of rotatable bonds is 8. The highest BCUT2D eigenvalue weighted by molar-refractivity contribution is 6.46. The maximum absolute atomic E-state index is 13.8. The van der Waals surface area contributed by atoms with Crippen molar-refractivity contribution in [2.24, 2.45) is 5.92 Å². The first-order chi connectivity index (χ1) is 17.3. The number of ether oxygens (including phenoxy) is 1. The van der Waals surface area contributed by atoms with Gasteiger partial charge in [0.05, 0.1) is 19.2 Å². The molecule has 1 aliphatic heterocycles. The second kappa shape index (κ2) is 10.8. The van der Waals surface area contributed by atoms with Crippen LogP contribution < -0.4 is 14.8 Å².